The van der Waals surface area contributed by atoms with E-state index in [4.69, 9.17) is 0 Å². The molecule has 2 rings (SSSR count). The summed E-state index contributed by atoms with van der Waals surface area (Å²) in [4.78, 5) is 1.96. The third-order valence-electron chi connectivity index (χ3n) is 2.97. The Morgan fingerprint density at radius 1 is 0.900 bits per heavy atom. The number of hydrogen-bond donors (Lipinski definition) is 1. The summed E-state index contributed by atoms with van der Waals surface area (Å²) in [5, 5.41) is 2.75. The molecule has 0 aromatic heterocycles. The normalized spacial score (nSPS) is 10.4. The van der Waals surface area contributed by atoms with Crippen molar-refractivity contribution in [1.82, 2.24) is 0 Å². The van der Waals surface area contributed by atoms with Gasteiger partial charge in [0.05, 0.1) is 5.69 Å². The van der Waals surface area contributed by atoms with E-state index in [0.29, 0.717) is 6.54 Å². The molecule has 20 heavy (non-hydrogen) atoms. The zero-order valence-corrected chi connectivity index (χ0v) is 11.3. The summed E-state index contributed by atoms with van der Waals surface area (Å²) >= 11 is 0. The van der Waals surface area contributed by atoms with Gasteiger partial charge in [-0.2, -0.15) is 0 Å². The molecule has 0 amide bonds. The fraction of sp³-hybridized carbons (Fsp3) is 0.200. The van der Waals surface area contributed by atoms with Gasteiger partial charge in [-0.05, 0) is 29.8 Å². The van der Waals surface area contributed by atoms with Gasteiger partial charge in [-0.15, -0.1) is 0 Å². The van der Waals surface area contributed by atoms with Crippen LogP contribution in [0.5, 0.6) is 0 Å². The molecule has 106 valence electrons. The molecule has 2 aromatic rings. The van der Waals surface area contributed by atoms with Crippen LogP contribution in [0.2, 0.25) is 0 Å². The largest absolute Gasteiger partial charge is 0.379 e. The topological polar surface area (TPSA) is 15.3 Å². The Morgan fingerprint density at radius 2 is 1.55 bits per heavy atom. The fourth-order valence-corrected chi connectivity index (χ4v) is 1.77. The fourth-order valence-electron chi connectivity index (χ4n) is 1.77. The highest BCUT2D eigenvalue weighted by Gasteiger charge is 2.12. The van der Waals surface area contributed by atoms with E-state index in [0.717, 1.165) is 17.3 Å². The highest BCUT2D eigenvalue weighted by atomic mass is 19.2. The average molecular weight is 280 g/mol. The first-order valence-electron chi connectivity index (χ1n) is 6.12. The van der Waals surface area contributed by atoms with Crippen molar-refractivity contribution in [2.24, 2.45) is 0 Å². The second-order valence-electron chi connectivity index (χ2n) is 4.64. The zero-order chi connectivity index (χ0) is 14.7. The summed E-state index contributed by atoms with van der Waals surface area (Å²) in [5.74, 6) is -3.85. The van der Waals surface area contributed by atoms with E-state index in [1.54, 1.807) is 0 Å². The van der Waals surface area contributed by atoms with Gasteiger partial charge in [0, 0.05) is 26.3 Å². The second kappa shape index (κ2) is 5.86. The van der Waals surface area contributed by atoms with Crippen molar-refractivity contribution in [2.45, 2.75) is 6.54 Å². The lowest BCUT2D eigenvalue weighted by Gasteiger charge is -2.13. The molecule has 0 fully saturated rings. The Balaban J connectivity index is 2.07. The van der Waals surface area contributed by atoms with Crippen LogP contribution in [0.4, 0.5) is 24.5 Å². The molecule has 0 bridgehead atoms. The number of hydrogen-bond acceptors (Lipinski definition) is 2. The van der Waals surface area contributed by atoms with Crippen molar-refractivity contribution in [3.8, 4) is 0 Å². The molecule has 2 nitrogen and oxygen atoms in total. The van der Waals surface area contributed by atoms with Crippen LogP contribution < -0.4 is 10.2 Å². The summed E-state index contributed by atoms with van der Waals surface area (Å²) < 4.78 is 39.3. The number of nitrogens with one attached hydrogen (secondary N) is 1. The van der Waals surface area contributed by atoms with Crippen LogP contribution in [0, 0.1) is 17.5 Å². The number of nitrogens with zero attached hydrogens (tertiary/aromatic N) is 1. The molecule has 0 saturated carbocycles. The summed E-state index contributed by atoms with van der Waals surface area (Å²) in [6.45, 7) is 0.329. The standard InChI is InChI=1S/C15H15F3N2/c1-20(2)11-5-3-10(4-6-11)9-19-13-8-7-12(16)14(17)15(13)18/h3-8,19H,9H2,1-2H3. The Hall–Kier alpha value is -2.17. The quantitative estimate of drug-likeness (QED) is 0.857. The minimum Gasteiger partial charge on any atom is -0.379 e. The number of anilines is 2. The minimum absolute atomic E-state index is 0.0550. The first-order chi connectivity index (χ1) is 9.49. The molecule has 0 unspecified atom stereocenters. The summed E-state index contributed by atoms with van der Waals surface area (Å²) in [6, 6.07) is 9.72. The third-order valence-corrected chi connectivity index (χ3v) is 2.97. The monoisotopic (exact) mass is 280 g/mol. The summed E-state index contributed by atoms with van der Waals surface area (Å²) in [7, 11) is 3.87. The lowest BCUT2D eigenvalue weighted by atomic mass is 10.2. The van der Waals surface area contributed by atoms with Gasteiger partial charge in [0.15, 0.2) is 17.5 Å². The Kier molecular flexibility index (Phi) is 4.17. The van der Waals surface area contributed by atoms with Crippen molar-refractivity contribution in [2.75, 3.05) is 24.3 Å². The number of rotatable bonds is 4. The molecule has 0 heterocycles. The molecule has 0 aliphatic heterocycles. The van der Waals surface area contributed by atoms with Crippen molar-refractivity contribution in [3.63, 3.8) is 0 Å². The van der Waals surface area contributed by atoms with Crippen LogP contribution in [-0.2, 0) is 6.54 Å². The number of benzene rings is 2. The van der Waals surface area contributed by atoms with Gasteiger partial charge in [0.1, 0.15) is 0 Å². The molecule has 5 heteroatoms. The van der Waals surface area contributed by atoms with Crippen LogP contribution in [0.1, 0.15) is 5.56 Å². The third kappa shape index (κ3) is 3.04. The van der Waals surface area contributed by atoms with Gasteiger partial charge >= 0.3 is 0 Å². The molecule has 0 spiro atoms. The van der Waals surface area contributed by atoms with Crippen molar-refractivity contribution < 1.29 is 13.2 Å². The van der Waals surface area contributed by atoms with Gasteiger partial charge in [-0.1, -0.05) is 12.1 Å². The second-order valence-corrected chi connectivity index (χ2v) is 4.64. The van der Waals surface area contributed by atoms with E-state index in [9.17, 15) is 13.2 Å². The van der Waals surface area contributed by atoms with E-state index in [1.165, 1.54) is 6.07 Å². The van der Waals surface area contributed by atoms with Gasteiger partial charge in [-0.25, -0.2) is 13.2 Å². The van der Waals surface area contributed by atoms with Crippen molar-refractivity contribution in [1.29, 1.82) is 0 Å². The molecule has 0 atom stereocenters. The van der Waals surface area contributed by atoms with E-state index in [2.05, 4.69) is 5.32 Å². The maximum absolute atomic E-state index is 13.5. The lowest BCUT2D eigenvalue weighted by molar-refractivity contribution is 0.449. The first-order valence-corrected chi connectivity index (χ1v) is 6.12. The molecule has 1 N–H and O–H groups in total. The smallest absolute Gasteiger partial charge is 0.196 e. The van der Waals surface area contributed by atoms with Crippen LogP contribution in [-0.4, -0.2) is 14.1 Å². The van der Waals surface area contributed by atoms with E-state index in [-0.39, 0.29) is 5.69 Å². The van der Waals surface area contributed by atoms with Gasteiger partial charge in [0.2, 0.25) is 0 Å². The van der Waals surface area contributed by atoms with E-state index >= 15 is 0 Å². The Morgan fingerprint density at radius 3 is 2.15 bits per heavy atom. The lowest BCUT2D eigenvalue weighted by Crippen LogP contribution is -2.08. The highest BCUT2D eigenvalue weighted by Crippen LogP contribution is 2.20. The van der Waals surface area contributed by atoms with Crippen LogP contribution in [0.3, 0.4) is 0 Å². The van der Waals surface area contributed by atoms with Crippen molar-refractivity contribution in [3.05, 3.63) is 59.4 Å². The summed E-state index contributed by atoms with van der Waals surface area (Å²) in [6.07, 6.45) is 0. The average Bonchev–Trinajstić information content (AvgIpc) is 2.44. The van der Waals surface area contributed by atoms with Crippen LogP contribution >= 0.6 is 0 Å². The predicted molar refractivity (Wildman–Crippen MR) is 74.4 cm³/mol. The maximum atomic E-state index is 13.5. The van der Waals surface area contributed by atoms with Crippen LogP contribution in [0.15, 0.2) is 36.4 Å². The van der Waals surface area contributed by atoms with Gasteiger partial charge in [-0.3, -0.25) is 0 Å². The molecule has 0 saturated heterocycles. The van der Waals surface area contributed by atoms with E-state index < -0.39 is 17.5 Å². The van der Waals surface area contributed by atoms with Crippen molar-refractivity contribution >= 4 is 11.4 Å². The molecule has 0 aliphatic rings. The van der Waals surface area contributed by atoms with Gasteiger partial charge in [0.25, 0.3) is 0 Å². The van der Waals surface area contributed by atoms with E-state index in [1.807, 2.05) is 43.3 Å². The summed E-state index contributed by atoms with van der Waals surface area (Å²) in [5.41, 5.74) is 1.91. The minimum atomic E-state index is -1.46. The predicted octanol–water partition coefficient (Wildman–Crippen LogP) is 3.78. The van der Waals surface area contributed by atoms with Gasteiger partial charge < -0.3 is 10.2 Å². The molecule has 0 aliphatic carbocycles. The Labute approximate surface area is 115 Å². The molecular weight excluding hydrogens is 265 g/mol. The van der Waals surface area contributed by atoms with Crippen LogP contribution in [0.25, 0.3) is 0 Å². The SMILES string of the molecule is CN(C)c1ccc(CNc2ccc(F)c(F)c2F)cc1. The highest BCUT2D eigenvalue weighted by molar-refractivity contribution is 5.48. The first kappa shape index (κ1) is 14.2. The molecular formula is C15H15F3N2. The molecule has 2 aromatic carbocycles. The Bertz CT molecular complexity index is 595. The zero-order valence-electron chi connectivity index (χ0n) is 11.3. The number of halogens is 3. The molecule has 0 radical (unpaired) electrons. The maximum Gasteiger partial charge on any atom is 0.196 e.